The van der Waals surface area contributed by atoms with Gasteiger partial charge in [-0.2, -0.15) is 5.10 Å². The second-order valence-corrected chi connectivity index (χ2v) is 7.41. The van der Waals surface area contributed by atoms with Crippen LogP contribution in [0.1, 0.15) is 60.5 Å². The van der Waals surface area contributed by atoms with Gasteiger partial charge in [-0.05, 0) is 56.5 Å². The molecular formula is C23H27N3O2. The lowest BCUT2D eigenvalue weighted by molar-refractivity contribution is -0.120. The lowest BCUT2D eigenvalue weighted by atomic mass is 9.88. The Kier molecular flexibility index (Phi) is 6.58. The van der Waals surface area contributed by atoms with Crippen molar-refractivity contribution < 1.29 is 9.59 Å². The fourth-order valence-electron chi connectivity index (χ4n) is 3.40. The van der Waals surface area contributed by atoms with Crippen LogP contribution in [0.25, 0.3) is 0 Å². The van der Waals surface area contributed by atoms with Gasteiger partial charge in [0.2, 0.25) is 5.91 Å². The Bertz CT molecular complexity index is 866. The fraction of sp³-hybridized carbons (Fsp3) is 0.348. The van der Waals surface area contributed by atoms with Gasteiger partial charge in [0.25, 0.3) is 5.91 Å². The smallest absolute Gasteiger partial charge is 0.271 e. The number of nitrogens with one attached hydrogen (secondary N) is 2. The zero-order valence-corrected chi connectivity index (χ0v) is 16.5. The van der Waals surface area contributed by atoms with Crippen molar-refractivity contribution in [3.63, 3.8) is 0 Å². The molecule has 5 heteroatoms. The van der Waals surface area contributed by atoms with Crippen LogP contribution in [0.2, 0.25) is 0 Å². The molecule has 146 valence electrons. The maximum absolute atomic E-state index is 12.4. The second-order valence-electron chi connectivity index (χ2n) is 7.41. The van der Waals surface area contributed by atoms with Gasteiger partial charge in [0.05, 0.1) is 5.71 Å². The molecule has 2 amide bonds. The first-order chi connectivity index (χ1) is 13.5. The van der Waals surface area contributed by atoms with Crippen LogP contribution in [0.3, 0.4) is 0 Å². The average Bonchev–Trinajstić information content (AvgIpc) is 2.73. The van der Waals surface area contributed by atoms with Crippen LogP contribution in [0, 0.1) is 12.8 Å². The van der Waals surface area contributed by atoms with Crippen LogP contribution in [-0.4, -0.2) is 17.5 Å². The summed E-state index contributed by atoms with van der Waals surface area (Å²) < 4.78 is 0. The number of hydrogen-bond donors (Lipinski definition) is 2. The molecule has 0 heterocycles. The molecule has 2 N–H and O–H groups in total. The van der Waals surface area contributed by atoms with Gasteiger partial charge in [-0.3, -0.25) is 9.59 Å². The standard InChI is InChI=1S/C23H27N3O2/c1-16-11-13-19(14-12-16)23(28)26-25-17(2)20-9-6-10-21(15-20)24-22(27)18-7-4-3-5-8-18/h6,9-15,18H,3-5,7-8H2,1-2H3,(H,24,27)(H,26,28). The minimum atomic E-state index is -0.249. The Labute approximate surface area is 166 Å². The Balaban J connectivity index is 1.63. The third-order valence-corrected chi connectivity index (χ3v) is 5.16. The molecule has 2 aromatic rings. The molecule has 5 nitrogen and oxygen atoms in total. The summed E-state index contributed by atoms with van der Waals surface area (Å²) in [6.07, 6.45) is 5.42. The lowest BCUT2D eigenvalue weighted by Gasteiger charge is -2.20. The normalized spacial score (nSPS) is 15.1. The highest BCUT2D eigenvalue weighted by Gasteiger charge is 2.21. The zero-order valence-electron chi connectivity index (χ0n) is 16.5. The van der Waals surface area contributed by atoms with Crippen LogP contribution in [0.15, 0.2) is 53.6 Å². The molecule has 0 bridgehead atoms. The van der Waals surface area contributed by atoms with Crippen molar-refractivity contribution in [1.82, 2.24) is 5.43 Å². The second kappa shape index (κ2) is 9.31. The number of amides is 2. The van der Waals surface area contributed by atoms with Gasteiger partial charge in [-0.15, -0.1) is 0 Å². The minimum Gasteiger partial charge on any atom is -0.326 e. The maximum Gasteiger partial charge on any atom is 0.271 e. The highest BCUT2D eigenvalue weighted by Crippen LogP contribution is 2.25. The molecule has 0 spiro atoms. The molecule has 0 radical (unpaired) electrons. The number of anilines is 1. The summed E-state index contributed by atoms with van der Waals surface area (Å²) in [5, 5.41) is 7.23. The summed E-state index contributed by atoms with van der Waals surface area (Å²) in [7, 11) is 0. The summed E-state index contributed by atoms with van der Waals surface area (Å²) in [6, 6.07) is 14.9. The molecular weight excluding hydrogens is 350 g/mol. The molecule has 0 aromatic heterocycles. The number of hydrogen-bond acceptors (Lipinski definition) is 3. The molecule has 1 aliphatic rings. The first kappa shape index (κ1) is 19.8. The molecule has 0 unspecified atom stereocenters. The predicted molar refractivity (Wildman–Crippen MR) is 113 cm³/mol. The summed E-state index contributed by atoms with van der Waals surface area (Å²) in [5.41, 5.74) is 6.54. The predicted octanol–water partition coefficient (Wildman–Crippen LogP) is 4.67. The highest BCUT2D eigenvalue weighted by atomic mass is 16.2. The van der Waals surface area contributed by atoms with E-state index in [1.165, 1.54) is 6.42 Å². The molecule has 2 aromatic carbocycles. The third kappa shape index (κ3) is 5.28. The van der Waals surface area contributed by atoms with E-state index in [-0.39, 0.29) is 17.7 Å². The van der Waals surface area contributed by atoms with Gasteiger partial charge in [0.15, 0.2) is 0 Å². The van der Waals surface area contributed by atoms with Gasteiger partial charge in [-0.25, -0.2) is 5.43 Å². The van der Waals surface area contributed by atoms with Crippen molar-refractivity contribution in [1.29, 1.82) is 0 Å². The molecule has 0 saturated heterocycles. The van der Waals surface area contributed by atoms with Gasteiger partial charge in [0.1, 0.15) is 0 Å². The van der Waals surface area contributed by atoms with E-state index in [1.807, 2.05) is 50.2 Å². The SMILES string of the molecule is CC(=NNC(=O)c1ccc(C)cc1)c1cccc(NC(=O)C2CCCCC2)c1. The number of hydrazone groups is 1. The number of benzene rings is 2. The number of carbonyl (C=O) groups is 2. The van der Waals surface area contributed by atoms with Crippen molar-refractivity contribution in [2.24, 2.45) is 11.0 Å². The van der Waals surface area contributed by atoms with E-state index in [4.69, 9.17) is 0 Å². The molecule has 0 aliphatic heterocycles. The van der Waals surface area contributed by atoms with E-state index in [0.29, 0.717) is 11.3 Å². The first-order valence-electron chi connectivity index (χ1n) is 9.85. The van der Waals surface area contributed by atoms with Crippen LogP contribution in [-0.2, 0) is 4.79 Å². The van der Waals surface area contributed by atoms with Gasteiger partial charge >= 0.3 is 0 Å². The van der Waals surface area contributed by atoms with Crippen LogP contribution >= 0.6 is 0 Å². The lowest BCUT2D eigenvalue weighted by Crippen LogP contribution is -2.24. The van der Waals surface area contributed by atoms with E-state index in [9.17, 15) is 9.59 Å². The number of carbonyl (C=O) groups excluding carboxylic acids is 2. The van der Waals surface area contributed by atoms with E-state index >= 15 is 0 Å². The van der Waals surface area contributed by atoms with Crippen LogP contribution in [0.4, 0.5) is 5.69 Å². The Hall–Kier alpha value is -2.95. The molecule has 3 rings (SSSR count). The Morgan fingerprint density at radius 2 is 1.68 bits per heavy atom. The van der Waals surface area contributed by atoms with E-state index in [1.54, 1.807) is 12.1 Å². The molecule has 1 fully saturated rings. The largest absolute Gasteiger partial charge is 0.326 e. The van der Waals surface area contributed by atoms with Crippen LogP contribution in [0.5, 0.6) is 0 Å². The summed E-state index contributed by atoms with van der Waals surface area (Å²) >= 11 is 0. The summed E-state index contributed by atoms with van der Waals surface area (Å²) in [4.78, 5) is 24.7. The minimum absolute atomic E-state index is 0.0964. The topological polar surface area (TPSA) is 70.6 Å². The fourth-order valence-corrected chi connectivity index (χ4v) is 3.40. The van der Waals surface area contributed by atoms with Crippen molar-refractivity contribution in [2.75, 3.05) is 5.32 Å². The van der Waals surface area contributed by atoms with Crippen molar-refractivity contribution in [3.8, 4) is 0 Å². The van der Waals surface area contributed by atoms with Crippen molar-refractivity contribution in [2.45, 2.75) is 46.0 Å². The quantitative estimate of drug-likeness (QED) is 0.587. The van der Waals surface area contributed by atoms with Crippen molar-refractivity contribution >= 4 is 23.2 Å². The highest BCUT2D eigenvalue weighted by molar-refractivity contribution is 6.02. The first-order valence-corrected chi connectivity index (χ1v) is 9.85. The summed E-state index contributed by atoms with van der Waals surface area (Å²) in [6.45, 7) is 3.81. The van der Waals surface area contributed by atoms with E-state index < -0.39 is 0 Å². The third-order valence-electron chi connectivity index (χ3n) is 5.16. The van der Waals surface area contributed by atoms with Gasteiger partial charge in [0, 0.05) is 17.2 Å². The number of aryl methyl sites for hydroxylation is 1. The van der Waals surface area contributed by atoms with Gasteiger partial charge < -0.3 is 5.32 Å². The Morgan fingerprint density at radius 3 is 2.39 bits per heavy atom. The van der Waals surface area contributed by atoms with Crippen LogP contribution < -0.4 is 10.7 Å². The van der Waals surface area contributed by atoms with Crippen molar-refractivity contribution in [3.05, 3.63) is 65.2 Å². The maximum atomic E-state index is 12.4. The number of nitrogens with zero attached hydrogens (tertiary/aromatic N) is 1. The number of rotatable bonds is 5. The molecule has 1 aliphatic carbocycles. The van der Waals surface area contributed by atoms with E-state index in [2.05, 4.69) is 15.8 Å². The van der Waals surface area contributed by atoms with Gasteiger partial charge in [-0.1, -0.05) is 49.1 Å². The monoisotopic (exact) mass is 377 g/mol. The molecule has 1 saturated carbocycles. The molecule has 0 atom stereocenters. The van der Waals surface area contributed by atoms with E-state index in [0.717, 1.165) is 42.5 Å². The molecule has 28 heavy (non-hydrogen) atoms. The summed E-state index contributed by atoms with van der Waals surface area (Å²) in [5.74, 6) is -0.0406. The zero-order chi connectivity index (χ0) is 19.9. The Morgan fingerprint density at radius 1 is 0.964 bits per heavy atom. The average molecular weight is 377 g/mol.